The molecule has 0 bridgehead atoms. The Bertz CT molecular complexity index is 1720. The van der Waals surface area contributed by atoms with Crippen LogP contribution in [0.1, 0.15) is 15.5 Å². The third-order valence-corrected chi connectivity index (χ3v) is 9.45. The van der Waals surface area contributed by atoms with Crippen molar-refractivity contribution in [2.45, 2.75) is 10.9 Å². The summed E-state index contributed by atoms with van der Waals surface area (Å²) in [7, 11) is 1.64. The molecule has 1 saturated heterocycles. The summed E-state index contributed by atoms with van der Waals surface area (Å²) in [5.41, 5.74) is 3.10. The number of para-hydroxylation sites is 2. The van der Waals surface area contributed by atoms with Crippen molar-refractivity contribution in [3.8, 4) is 22.8 Å². The largest absolute Gasteiger partial charge is 0.495 e. The van der Waals surface area contributed by atoms with Gasteiger partial charge >= 0.3 is 0 Å². The van der Waals surface area contributed by atoms with Gasteiger partial charge in [-0.3, -0.25) is 9.36 Å². The average molecular weight is 638 g/mol. The molecule has 0 radical (unpaired) electrons. The maximum Gasteiger partial charge on any atom is 0.273 e. The van der Waals surface area contributed by atoms with Gasteiger partial charge < -0.3 is 14.5 Å². The number of carbonyl (C=O) groups excluding carboxylic acids is 1. The second kappa shape index (κ2) is 12.7. The lowest BCUT2D eigenvalue weighted by atomic mass is 10.2. The number of methoxy groups -OCH3 is 1. The molecule has 5 aromatic rings. The predicted molar refractivity (Wildman–Crippen MR) is 170 cm³/mol. The molecule has 6 rings (SSSR count). The Morgan fingerprint density at radius 1 is 0.976 bits per heavy atom. The predicted octanol–water partition coefficient (Wildman–Crippen LogP) is 6.96. The van der Waals surface area contributed by atoms with Crippen molar-refractivity contribution in [3.05, 3.63) is 98.9 Å². The fraction of sp³-hybridized carbons (Fsp3) is 0.200. The standard InChI is InChI=1S/C30H26Cl2N6O2S2/c1-40-26-12-5-4-11-25(26)38-28(22-9-2-3-10-23(22)32)34-35-30(38)42-19-27-33-24(18-41-27)29(39)37-15-13-36(14-16-37)21-8-6-7-20(31)17-21/h2-12,17-18H,13-16,19H2,1H3. The van der Waals surface area contributed by atoms with Gasteiger partial charge in [-0.2, -0.15) is 0 Å². The van der Waals surface area contributed by atoms with Gasteiger partial charge in [0.25, 0.3) is 5.91 Å². The van der Waals surface area contributed by atoms with Gasteiger partial charge in [-0.05, 0) is 42.5 Å². The molecule has 12 heteroatoms. The van der Waals surface area contributed by atoms with E-state index in [-0.39, 0.29) is 5.91 Å². The highest BCUT2D eigenvalue weighted by Gasteiger charge is 2.25. The van der Waals surface area contributed by atoms with Crippen molar-refractivity contribution in [3.63, 3.8) is 0 Å². The first kappa shape index (κ1) is 28.5. The first-order valence-electron chi connectivity index (χ1n) is 13.2. The molecule has 3 aromatic carbocycles. The number of ether oxygens (including phenoxy) is 1. The van der Waals surface area contributed by atoms with E-state index in [1.807, 2.05) is 87.6 Å². The summed E-state index contributed by atoms with van der Waals surface area (Å²) in [5, 5.41) is 13.6. The topological polar surface area (TPSA) is 76.4 Å². The smallest absolute Gasteiger partial charge is 0.273 e. The number of amides is 1. The number of piperazine rings is 1. The number of carbonyl (C=O) groups is 1. The minimum atomic E-state index is -0.0496. The third-order valence-electron chi connectivity index (χ3n) is 6.91. The van der Waals surface area contributed by atoms with E-state index in [2.05, 4.69) is 20.1 Å². The van der Waals surface area contributed by atoms with E-state index < -0.39 is 0 Å². The highest BCUT2D eigenvalue weighted by molar-refractivity contribution is 7.98. The Labute approximate surface area is 261 Å². The van der Waals surface area contributed by atoms with Gasteiger partial charge in [-0.15, -0.1) is 21.5 Å². The minimum absolute atomic E-state index is 0.0496. The van der Waals surface area contributed by atoms with Crippen molar-refractivity contribution in [2.24, 2.45) is 0 Å². The van der Waals surface area contributed by atoms with E-state index in [0.29, 0.717) is 51.3 Å². The lowest BCUT2D eigenvalue weighted by molar-refractivity contribution is 0.0741. The Morgan fingerprint density at radius 2 is 1.76 bits per heavy atom. The van der Waals surface area contributed by atoms with Crippen molar-refractivity contribution in [1.82, 2.24) is 24.6 Å². The summed E-state index contributed by atoms with van der Waals surface area (Å²) in [6, 6.07) is 23.1. The van der Waals surface area contributed by atoms with E-state index in [4.69, 9.17) is 27.9 Å². The lowest BCUT2D eigenvalue weighted by Crippen LogP contribution is -2.48. The summed E-state index contributed by atoms with van der Waals surface area (Å²) in [6.07, 6.45) is 0. The van der Waals surface area contributed by atoms with Crippen LogP contribution < -0.4 is 9.64 Å². The van der Waals surface area contributed by atoms with E-state index in [1.54, 1.807) is 7.11 Å². The molecule has 0 saturated carbocycles. The molecule has 42 heavy (non-hydrogen) atoms. The summed E-state index contributed by atoms with van der Waals surface area (Å²) in [5.74, 6) is 1.77. The maximum atomic E-state index is 13.3. The summed E-state index contributed by atoms with van der Waals surface area (Å²) < 4.78 is 7.60. The van der Waals surface area contributed by atoms with E-state index >= 15 is 0 Å². The number of anilines is 1. The van der Waals surface area contributed by atoms with Crippen LogP contribution in [0.2, 0.25) is 10.0 Å². The SMILES string of the molecule is COc1ccccc1-n1c(SCc2nc(C(=O)N3CCN(c4cccc(Cl)c4)CC3)cs2)nnc1-c1ccccc1Cl. The van der Waals surface area contributed by atoms with Gasteiger partial charge in [-0.25, -0.2) is 4.98 Å². The minimum Gasteiger partial charge on any atom is -0.495 e. The Balaban J connectivity index is 1.17. The van der Waals surface area contributed by atoms with Gasteiger partial charge in [0, 0.05) is 47.8 Å². The van der Waals surface area contributed by atoms with Crippen LogP contribution in [0.5, 0.6) is 5.75 Å². The van der Waals surface area contributed by atoms with Crippen LogP contribution in [0, 0.1) is 0 Å². The highest BCUT2D eigenvalue weighted by Crippen LogP contribution is 2.36. The van der Waals surface area contributed by atoms with E-state index in [9.17, 15) is 4.79 Å². The van der Waals surface area contributed by atoms with Gasteiger partial charge in [0.15, 0.2) is 11.0 Å². The monoisotopic (exact) mass is 636 g/mol. The van der Waals surface area contributed by atoms with Crippen LogP contribution in [-0.4, -0.2) is 63.8 Å². The van der Waals surface area contributed by atoms with Crippen LogP contribution in [0.15, 0.2) is 83.3 Å². The number of nitrogens with zero attached hydrogens (tertiary/aromatic N) is 6. The Hall–Kier alpha value is -3.57. The van der Waals surface area contributed by atoms with Crippen LogP contribution in [0.4, 0.5) is 5.69 Å². The van der Waals surface area contributed by atoms with Crippen LogP contribution in [0.25, 0.3) is 17.1 Å². The van der Waals surface area contributed by atoms with Crippen LogP contribution >= 0.6 is 46.3 Å². The molecule has 0 N–H and O–H groups in total. The molecular weight excluding hydrogens is 611 g/mol. The molecule has 1 fully saturated rings. The van der Waals surface area contributed by atoms with Crippen molar-refractivity contribution in [2.75, 3.05) is 38.2 Å². The second-order valence-corrected chi connectivity index (χ2v) is 12.2. The number of thiazole rings is 1. The van der Waals surface area contributed by atoms with E-state index in [0.717, 1.165) is 35.0 Å². The molecule has 0 atom stereocenters. The first-order valence-corrected chi connectivity index (χ1v) is 15.8. The molecule has 1 aliphatic rings. The van der Waals surface area contributed by atoms with Crippen molar-refractivity contribution < 1.29 is 9.53 Å². The molecule has 0 spiro atoms. The fourth-order valence-corrected chi connectivity index (χ4v) is 6.95. The second-order valence-electron chi connectivity index (χ2n) is 9.47. The van der Waals surface area contributed by atoms with Gasteiger partial charge in [0.2, 0.25) is 0 Å². The Morgan fingerprint density at radius 3 is 2.55 bits per heavy atom. The number of hydrogen-bond donors (Lipinski definition) is 0. The molecular formula is C30H26Cl2N6O2S2. The number of aromatic nitrogens is 4. The first-order chi connectivity index (χ1) is 20.5. The number of rotatable bonds is 8. The summed E-state index contributed by atoms with van der Waals surface area (Å²) in [4.78, 5) is 22.0. The zero-order valence-corrected chi connectivity index (χ0v) is 25.8. The van der Waals surface area contributed by atoms with Gasteiger partial charge in [0.1, 0.15) is 16.5 Å². The molecule has 1 aliphatic heterocycles. The Kier molecular flexibility index (Phi) is 8.66. The lowest BCUT2D eigenvalue weighted by Gasteiger charge is -2.35. The number of hydrogen-bond acceptors (Lipinski definition) is 8. The zero-order valence-electron chi connectivity index (χ0n) is 22.6. The molecule has 3 heterocycles. The van der Waals surface area contributed by atoms with Crippen LogP contribution in [-0.2, 0) is 5.75 Å². The fourth-order valence-electron chi connectivity index (χ4n) is 4.82. The summed E-state index contributed by atoms with van der Waals surface area (Å²) in [6.45, 7) is 2.73. The molecule has 214 valence electrons. The number of thioether (sulfide) groups is 1. The normalized spacial score (nSPS) is 13.4. The van der Waals surface area contributed by atoms with Gasteiger partial charge in [-0.1, -0.05) is 65.3 Å². The average Bonchev–Trinajstić information content (AvgIpc) is 3.67. The number of benzene rings is 3. The van der Waals surface area contributed by atoms with Gasteiger partial charge in [0.05, 0.1) is 23.6 Å². The van der Waals surface area contributed by atoms with Crippen LogP contribution in [0.3, 0.4) is 0 Å². The summed E-state index contributed by atoms with van der Waals surface area (Å²) >= 11 is 15.7. The van der Waals surface area contributed by atoms with Crippen molar-refractivity contribution in [1.29, 1.82) is 0 Å². The number of halogens is 2. The van der Waals surface area contributed by atoms with E-state index in [1.165, 1.54) is 23.1 Å². The molecule has 0 unspecified atom stereocenters. The third kappa shape index (κ3) is 5.98. The molecule has 0 aliphatic carbocycles. The molecule has 1 amide bonds. The quantitative estimate of drug-likeness (QED) is 0.170. The molecule has 2 aromatic heterocycles. The molecule has 8 nitrogen and oxygen atoms in total. The highest BCUT2D eigenvalue weighted by atomic mass is 35.5. The zero-order chi connectivity index (χ0) is 29.1. The maximum absolute atomic E-state index is 13.3. The van der Waals surface area contributed by atoms with Crippen molar-refractivity contribution >= 4 is 57.9 Å².